The first kappa shape index (κ1) is 53.8. The highest BCUT2D eigenvalue weighted by Gasteiger charge is 2.49. The van der Waals surface area contributed by atoms with Gasteiger partial charge in [0, 0.05) is 79.0 Å². The van der Waals surface area contributed by atoms with Gasteiger partial charge < -0.3 is 24.2 Å². The summed E-state index contributed by atoms with van der Waals surface area (Å²) in [4.78, 5) is 10.3. The van der Waals surface area contributed by atoms with E-state index in [4.69, 9.17) is 0 Å². The fraction of sp³-hybridized carbons (Fsp3) is 0.0455. The summed E-state index contributed by atoms with van der Waals surface area (Å²) < 4.78 is 2.59. The Morgan fingerprint density at radius 1 is 0.253 bits per heavy atom. The third-order valence-electron chi connectivity index (χ3n) is 21.0. The Balaban J connectivity index is 0.911. The first-order valence-electron chi connectivity index (χ1n) is 33.3. The van der Waals surface area contributed by atoms with Crippen molar-refractivity contribution in [3.63, 3.8) is 0 Å². The van der Waals surface area contributed by atoms with Crippen molar-refractivity contribution in [3.05, 3.63) is 321 Å². The zero-order chi connectivity index (χ0) is 62.8. The van der Waals surface area contributed by atoms with E-state index in [1.807, 2.05) is 0 Å². The highest BCUT2D eigenvalue weighted by atomic mass is 15.2. The van der Waals surface area contributed by atoms with Gasteiger partial charge in [0.25, 0.3) is 13.4 Å². The van der Waals surface area contributed by atoms with E-state index in [9.17, 15) is 0 Å². The van der Waals surface area contributed by atoms with Crippen molar-refractivity contribution < 1.29 is 0 Å². The highest BCUT2D eigenvalue weighted by Crippen LogP contribution is 2.52. The smallest absolute Gasteiger partial charge is 0.252 e. The maximum absolute atomic E-state index is 2.65. The number of para-hydroxylation sites is 7. The van der Waals surface area contributed by atoms with E-state index >= 15 is 0 Å². The minimum atomic E-state index is -0.167. The average Bonchev–Trinajstić information content (AvgIpc) is 1.05. The van der Waals surface area contributed by atoms with E-state index in [0.717, 1.165) is 56.5 Å². The second-order valence-corrected chi connectivity index (χ2v) is 27.1. The summed E-state index contributed by atoms with van der Waals surface area (Å²) in [5.41, 5.74) is 28.5. The molecule has 0 unspecified atom stereocenters. The van der Waals surface area contributed by atoms with Crippen LogP contribution in [0.4, 0.5) is 68.2 Å². The quantitative estimate of drug-likeness (QED) is 0.122. The Hall–Kier alpha value is -11.8. The summed E-state index contributed by atoms with van der Waals surface area (Å²) in [5.74, 6) is 0. The number of anilines is 12. The lowest BCUT2D eigenvalue weighted by molar-refractivity contribution is 0.590. The van der Waals surface area contributed by atoms with Gasteiger partial charge in [-0.15, -0.1) is 0 Å². The molecule has 0 saturated carbocycles. The van der Waals surface area contributed by atoms with Crippen molar-refractivity contribution in [2.45, 2.75) is 26.2 Å². The topological polar surface area (TPSA) is 17.9 Å². The van der Waals surface area contributed by atoms with Gasteiger partial charge in [-0.2, -0.15) is 0 Å². The molecule has 0 N–H and O–H groups in total. The standard InChI is InChI=1S/C88H61B2N5/c1-88(2,3)57-49-81-86-82(50-57)93(60-33-12-6-13-34-60)78-55-79-74(54-73(78)89(86)71-43-23-26-46-76(71)91(81)58-29-8-4-9-30-58)90-72-44-24-27-47-77(72)92(59-31-10-5-11-32-59)83-51-62(52-84(87(83)90)94(79)61-35-14-7-15-36-61)95-75-45-25-22-42-68(75)85-67-41-21-20-40-66(67)70(53-80(85)95)69-48-56-28-16-17-37-63(56)64-38-18-19-39-65(64)69/h4-55H,1-3H3. The monoisotopic (exact) mass is 1210 g/mol. The molecule has 0 aliphatic carbocycles. The number of fused-ring (bicyclic) bond motifs is 16. The molecule has 20 rings (SSSR count). The lowest BCUT2D eigenvalue weighted by atomic mass is 9.30. The molecule has 0 atom stereocenters. The summed E-state index contributed by atoms with van der Waals surface area (Å²) in [6, 6.07) is 119. The highest BCUT2D eigenvalue weighted by molar-refractivity contribution is 7.03. The Labute approximate surface area is 553 Å². The Kier molecular flexibility index (Phi) is 11.5. The molecule has 1 aromatic heterocycles. The van der Waals surface area contributed by atoms with Crippen LogP contribution in [0.25, 0.3) is 70.9 Å². The van der Waals surface area contributed by atoms with E-state index in [1.54, 1.807) is 0 Å². The van der Waals surface area contributed by atoms with Crippen molar-refractivity contribution in [1.82, 2.24) is 4.57 Å². The molecule has 0 fully saturated rings. The first-order chi connectivity index (χ1) is 46.8. The van der Waals surface area contributed by atoms with Crippen LogP contribution in [0.1, 0.15) is 26.3 Å². The van der Waals surface area contributed by atoms with Gasteiger partial charge in [-0.25, -0.2) is 0 Å². The molecule has 7 heteroatoms. The minimum Gasteiger partial charge on any atom is -0.311 e. The van der Waals surface area contributed by atoms with Crippen molar-refractivity contribution in [2.24, 2.45) is 0 Å². The largest absolute Gasteiger partial charge is 0.311 e. The number of hydrogen-bond acceptors (Lipinski definition) is 4. The van der Waals surface area contributed by atoms with Crippen LogP contribution < -0.4 is 52.4 Å². The van der Waals surface area contributed by atoms with Gasteiger partial charge in [-0.05, 0) is 196 Å². The lowest BCUT2D eigenvalue weighted by Crippen LogP contribution is -2.65. The molecule has 16 aromatic rings. The zero-order valence-corrected chi connectivity index (χ0v) is 52.9. The summed E-state index contributed by atoms with van der Waals surface area (Å²) >= 11 is 0. The Bertz CT molecular complexity index is 5880. The molecule has 5 nitrogen and oxygen atoms in total. The first-order valence-corrected chi connectivity index (χ1v) is 33.3. The van der Waals surface area contributed by atoms with Crippen LogP contribution in [0.2, 0.25) is 0 Å². The lowest BCUT2D eigenvalue weighted by Gasteiger charge is -2.47. The molecule has 444 valence electrons. The molecule has 0 spiro atoms. The minimum absolute atomic E-state index is 0.0950. The maximum atomic E-state index is 2.65. The van der Waals surface area contributed by atoms with Crippen LogP contribution in [0.15, 0.2) is 315 Å². The maximum Gasteiger partial charge on any atom is 0.252 e. The van der Waals surface area contributed by atoms with Gasteiger partial charge in [0.2, 0.25) is 0 Å². The van der Waals surface area contributed by atoms with E-state index in [2.05, 4.69) is 360 Å². The van der Waals surface area contributed by atoms with Crippen LogP contribution in [-0.4, -0.2) is 18.0 Å². The van der Waals surface area contributed by atoms with Crippen molar-refractivity contribution >= 4 is 169 Å². The van der Waals surface area contributed by atoms with Crippen LogP contribution in [0.3, 0.4) is 0 Å². The van der Waals surface area contributed by atoms with Gasteiger partial charge in [0.1, 0.15) is 0 Å². The molecule has 5 heterocycles. The van der Waals surface area contributed by atoms with Crippen molar-refractivity contribution in [2.75, 3.05) is 19.6 Å². The SMILES string of the molecule is CC(C)(C)c1cc2c3c(c1)N(c1ccccc1)c1cc4c(cc1B3c1ccccc1N2c1ccccc1)B1c2ccccc2N(c2ccccc2)c2cc(-n3c5ccccc5c5c6ccccc6c(-c6cc7ccccc7c7ccccc67)cc53)cc(c21)N4c1ccccc1. The fourth-order valence-electron chi connectivity index (χ4n) is 17.0. The second-order valence-electron chi connectivity index (χ2n) is 27.1. The summed E-state index contributed by atoms with van der Waals surface area (Å²) in [6.45, 7) is 6.81. The molecule has 0 radical (unpaired) electrons. The van der Waals surface area contributed by atoms with Crippen molar-refractivity contribution in [3.8, 4) is 16.8 Å². The number of benzene rings is 15. The fourth-order valence-corrected chi connectivity index (χ4v) is 17.0. The van der Waals surface area contributed by atoms with E-state index in [-0.39, 0.29) is 18.8 Å². The van der Waals surface area contributed by atoms with E-state index < -0.39 is 0 Å². The molecule has 95 heavy (non-hydrogen) atoms. The molecule has 0 saturated heterocycles. The Morgan fingerprint density at radius 2 is 0.642 bits per heavy atom. The molecule has 0 bridgehead atoms. The van der Waals surface area contributed by atoms with Crippen LogP contribution in [-0.2, 0) is 5.41 Å². The molecule has 0 amide bonds. The number of nitrogens with zero attached hydrogens (tertiary/aromatic N) is 5. The van der Waals surface area contributed by atoms with E-state index in [0.29, 0.717) is 0 Å². The summed E-state index contributed by atoms with van der Waals surface area (Å²) in [7, 11) is 0. The molecule has 4 aliphatic rings. The molecular formula is C88H61B2N5. The van der Waals surface area contributed by atoms with Gasteiger partial charge in [0.15, 0.2) is 0 Å². The summed E-state index contributed by atoms with van der Waals surface area (Å²) in [5, 5.41) is 9.91. The van der Waals surface area contributed by atoms with Gasteiger partial charge in [0.05, 0.1) is 16.7 Å². The number of hydrogen-bond donors (Lipinski definition) is 0. The van der Waals surface area contributed by atoms with Gasteiger partial charge >= 0.3 is 0 Å². The number of aromatic nitrogens is 1. The molecule has 15 aromatic carbocycles. The predicted octanol–water partition coefficient (Wildman–Crippen LogP) is 19.4. The number of rotatable bonds is 6. The third kappa shape index (κ3) is 7.81. The summed E-state index contributed by atoms with van der Waals surface area (Å²) in [6.07, 6.45) is 0. The Morgan fingerprint density at radius 3 is 1.16 bits per heavy atom. The van der Waals surface area contributed by atoms with E-state index in [1.165, 1.54) is 121 Å². The predicted molar refractivity (Wildman–Crippen MR) is 405 cm³/mol. The molecular weight excluding hydrogens is 1150 g/mol. The molecule has 4 aliphatic heterocycles. The van der Waals surface area contributed by atoms with Crippen LogP contribution in [0.5, 0.6) is 0 Å². The van der Waals surface area contributed by atoms with Crippen molar-refractivity contribution in [1.29, 1.82) is 0 Å². The average molecular weight is 1210 g/mol. The third-order valence-corrected chi connectivity index (χ3v) is 21.0. The van der Waals surface area contributed by atoms with Crippen LogP contribution in [0, 0.1) is 0 Å². The normalized spacial score (nSPS) is 13.5. The van der Waals surface area contributed by atoms with Crippen LogP contribution >= 0.6 is 0 Å². The zero-order valence-electron chi connectivity index (χ0n) is 52.9. The van der Waals surface area contributed by atoms with Gasteiger partial charge in [-0.3, -0.25) is 0 Å². The van der Waals surface area contributed by atoms with Gasteiger partial charge in [-0.1, -0.05) is 227 Å². The second kappa shape index (κ2) is 20.4.